The molecular weight excluding hydrogens is 138 g/mol. The predicted octanol–water partition coefficient (Wildman–Crippen LogP) is -2.50. The summed E-state index contributed by atoms with van der Waals surface area (Å²) < 4.78 is 0. The number of aliphatic hydroxyl groups is 1. The predicted molar refractivity (Wildman–Crippen MR) is 34.6 cm³/mol. The fraction of sp³-hybridized carbons (Fsp3) is 1.00. The van der Waals surface area contributed by atoms with Gasteiger partial charge in [0.25, 0.3) is 0 Å². The summed E-state index contributed by atoms with van der Waals surface area (Å²) >= 11 is 0. The normalized spacial score (nSPS) is 16.0. The summed E-state index contributed by atoms with van der Waals surface area (Å²) in [5, 5.41) is 9.00. The summed E-state index contributed by atoms with van der Waals surface area (Å²) in [6, 6.07) is -0.0278. The molecule has 9 heavy (non-hydrogen) atoms. The van der Waals surface area contributed by atoms with Crippen molar-refractivity contribution in [2.75, 3.05) is 0 Å². The summed E-state index contributed by atoms with van der Waals surface area (Å²) in [5.74, 6) is 0. The SMILES string of the molecule is CC[C@@H](O)[C@@H](N)CC.[Cl-]. The van der Waals surface area contributed by atoms with Gasteiger partial charge < -0.3 is 23.2 Å². The first-order valence-corrected chi connectivity index (χ1v) is 3.16. The zero-order valence-corrected chi connectivity index (χ0v) is 6.73. The van der Waals surface area contributed by atoms with Crippen LogP contribution in [-0.4, -0.2) is 17.3 Å². The third-order valence-corrected chi connectivity index (χ3v) is 1.38. The number of halogens is 1. The van der Waals surface area contributed by atoms with Gasteiger partial charge in [-0.2, -0.15) is 0 Å². The van der Waals surface area contributed by atoms with Gasteiger partial charge in [-0.3, -0.25) is 0 Å². The summed E-state index contributed by atoms with van der Waals surface area (Å²) in [5.41, 5.74) is 5.48. The first kappa shape index (κ1) is 11.9. The molecule has 0 aliphatic carbocycles. The van der Waals surface area contributed by atoms with Crippen LogP contribution in [0.1, 0.15) is 26.7 Å². The second-order valence-corrected chi connectivity index (χ2v) is 2.05. The van der Waals surface area contributed by atoms with Gasteiger partial charge in [-0.25, -0.2) is 0 Å². The van der Waals surface area contributed by atoms with Crippen molar-refractivity contribution in [3.8, 4) is 0 Å². The van der Waals surface area contributed by atoms with Crippen LogP contribution >= 0.6 is 0 Å². The molecule has 0 heterocycles. The van der Waals surface area contributed by atoms with Gasteiger partial charge in [-0.05, 0) is 12.8 Å². The highest BCUT2D eigenvalue weighted by molar-refractivity contribution is 4.67. The Labute approximate surface area is 62.9 Å². The average molecular weight is 153 g/mol. The molecule has 0 radical (unpaired) electrons. The second-order valence-electron chi connectivity index (χ2n) is 2.05. The number of rotatable bonds is 3. The molecule has 0 aliphatic rings. The third kappa shape index (κ3) is 4.70. The van der Waals surface area contributed by atoms with Gasteiger partial charge in [0.05, 0.1) is 6.10 Å². The van der Waals surface area contributed by atoms with E-state index in [-0.39, 0.29) is 24.6 Å². The van der Waals surface area contributed by atoms with Crippen molar-refractivity contribution in [2.45, 2.75) is 38.8 Å². The van der Waals surface area contributed by atoms with Crippen molar-refractivity contribution < 1.29 is 17.5 Å². The molecule has 58 valence electrons. The minimum atomic E-state index is -0.306. The van der Waals surface area contributed by atoms with E-state index in [1.54, 1.807) is 0 Å². The largest absolute Gasteiger partial charge is 1.00 e. The van der Waals surface area contributed by atoms with Crippen LogP contribution in [0.15, 0.2) is 0 Å². The van der Waals surface area contributed by atoms with E-state index in [4.69, 9.17) is 10.8 Å². The quantitative estimate of drug-likeness (QED) is 0.470. The topological polar surface area (TPSA) is 46.2 Å². The molecule has 0 amide bonds. The van der Waals surface area contributed by atoms with E-state index >= 15 is 0 Å². The van der Waals surface area contributed by atoms with E-state index < -0.39 is 0 Å². The molecule has 0 unspecified atom stereocenters. The smallest absolute Gasteiger partial charge is 0.0688 e. The molecule has 0 aromatic carbocycles. The Kier molecular flexibility index (Phi) is 8.40. The molecule has 2 atom stereocenters. The minimum Gasteiger partial charge on any atom is -1.00 e. The Balaban J connectivity index is 0. The third-order valence-electron chi connectivity index (χ3n) is 1.38. The van der Waals surface area contributed by atoms with Crippen molar-refractivity contribution in [2.24, 2.45) is 5.73 Å². The Morgan fingerprint density at radius 3 is 1.89 bits per heavy atom. The number of aliphatic hydroxyl groups excluding tert-OH is 1. The van der Waals surface area contributed by atoms with Crippen molar-refractivity contribution >= 4 is 0 Å². The van der Waals surface area contributed by atoms with Gasteiger partial charge in [0.1, 0.15) is 0 Å². The van der Waals surface area contributed by atoms with Gasteiger partial charge in [0.2, 0.25) is 0 Å². The highest BCUT2D eigenvalue weighted by atomic mass is 35.5. The van der Waals surface area contributed by atoms with Gasteiger partial charge in [0, 0.05) is 6.04 Å². The molecule has 0 bridgehead atoms. The number of hydrogen-bond donors (Lipinski definition) is 2. The minimum absolute atomic E-state index is 0. The Bertz CT molecular complexity index is 53.0. The monoisotopic (exact) mass is 152 g/mol. The van der Waals surface area contributed by atoms with E-state index in [0.29, 0.717) is 0 Å². The van der Waals surface area contributed by atoms with Crippen LogP contribution in [-0.2, 0) is 0 Å². The lowest BCUT2D eigenvalue weighted by Crippen LogP contribution is -3.00. The van der Waals surface area contributed by atoms with Crippen molar-refractivity contribution in [3.05, 3.63) is 0 Å². The van der Waals surface area contributed by atoms with E-state index in [2.05, 4.69) is 0 Å². The van der Waals surface area contributed by atoms with Gasteiger partial charge in [-0.15, -0.1) is 0 Å². The maximum Gasteiger partial charge on any atom is 0.0688 e. The second kappa shape index (κ2) is 6.33. The van der Waals surface area contributed by atoms with Gasteiger partial charge >= 0.3 is 0 Å². The van der Waals surface area contributed by atoms with Gasteiger partial charge in [-0.1, -0.05) is 13.8 Å². The van der Waals surface area contributed by atoms with Crippen LogP contribution in [0.25, 0.3) is 0 Å². The molecule has 3 N–H and O–H groups in total. The molecule has 0 saturated carbocycles. The van der Waals surface area contributed by atoms with Crippen LogP contribution in [0.5, 0.6) is 0 Å². The van der Waals surface area contributed by atoms with E-state index in [0.717, 1.165) is 12.8 Å². The molecule has 0 spiro atoms. The van der Waals surface area contributed by atoms with Crippen LogP contribution in [0.3, 0.4) is 0 Å². The lowest BCUT2D eigenvalue weighted by atomic mass is 10.1. The molecule has 0 aromatic rings. The van der Waals surface area contributed by atoms with Crippen LogP contribution in [0.4, 0.5) is 0 Å². The molecule has 0 aliphatic heterocycles. The summed E-state index contributed by atoms with van der Waals surface area (Å²) in [4.78, 5) is 0. The standard InChI is InChI=1S/C6H15NO.ClH/c1-3-5(7)6(8)4-2;/h5-6,8H,3-4,7H2,1-2H3;1H/p-1/t5-,6+;/m0./s1. The van der Waals surface area contributed by atoms with Crippen LogP contribution < -0.4 is 18.1 Å². The fourth-order valence-corrected chi connectivity index (χ4v) is 0.575. The Morgan fingerprint density at radius 2 is 1.78 bits per heavy atom. The summed E-state index contributed by atoms with van der Waals surface area (Å²) in [7, 11) is 0. The van der Waals surface area contributed by atoms with E-state index in [9.17, 15) is 0 Å². The fourth-order valence-electron chi connectivity index (χ4n) is 0.575. The molecule has 0 aromatic heterocycles. The maximum atomic E-state index is 9.00. The van der Waals surface area contributed by atoms with Crippen molar-refractivity contribution in [1.82, 2.24) is 0 Å². The average Bonchev–Trinajstić information content (AvgIpc) is 1.84. The lowest BCUT2D eigenvalue weighted by Gasteiger charge is -2.13. The zero-order chi connectivity index (χ0) is 6.57. The van der Waals surface area contributed by atoms with Crippen molar-refractivity contribution in [3.63, 3.8) is 0 Å². The Morgan fingerprint density at radius 1 is 1.33 bits per heavy atom. The zero-order valence-electron chi connectivity index (χ0n) is 5.97. The highest BCUT2D eigenvalue weighted by Gasteiger charge is 2.08. The first-order valence-electron chi connectivity index (χ1n) is 3.16. The molecule has 0 saturated heterocycles. The molecule has 0 rings (SSSR count). The number of nitrogens with two attached hydrogens (primary N) is 1. The van der Waals surface area contributed by atoms with Crippen LogP contribution in [0, 0.1) is 0 Å². The van der Waals surface area contributed by atoms with E-state index in [1.165, 1.54) is 0 Å². The highest BCUT2D eigenvalue weighted by Crippen LogP contribution is 1.97. The molecular formula is C6H15ClNO-. The first-order chi connectivity index (χ1) is 3.72. The summed E-state index contributed by atoms with van der Waals surface area (Å²) in [6.45, 7) is 3.91. The molecule has 2 nitrogen and oxygen atoms in total. The molecule has 0 fully saturated rings. The van der Waals surface area contributed by atoms with E-state index in [1.807, 2.05) is 13.8 Å². The lowest BCUT2D eigenvalue weighted by molar-refractivity contribution is -0.00000368. The molecule has 3 heteroatoms. The summed E-state index contributed by atoms with van der Waals surface area (Å²) in [6.07, 6.45) is 1.31. The maximum absolute atomic E-state index is 9.00. The van der Waals surface area contributed by atoms with Crippen LogP contribution in [0.2, 0.25) is 0 Å². The van der Waals surface area contributed by atoms with Crippen molar-refractivity contribution in [1.29, 1.82) is 0 Å². The van der Waals surface area contributed by atoms with Gasteiger partial charge in [0.15, 0.2) is 0 Å². The number of hydrogen-bond acceptors (Lipinski definition) is 2. The Hall–Kier alpha value is 0.210.